The Kier molecular flexibility index (Phi) is 5.80. The first-order valence-corrected chi connectivity index (χ1v) is 6.90. The van der Waals surface area contributed by atoms with Crippen LogP contribution in [0.4, 0.5) is 0 Å². The molecule has 22 heavy (non-hydrogen) atoms. The van der Waals surface area contributed by atoms with Crippen LogP contribution in [-0.4, -0.2) is 25.8 Å². The van der Waals surface area contributed by atoms with E-state index in [9.17, 15) is 4.79 Å². The molecule has 1 N–H and O–H groups in total. The lowest BCUT2D eigenvalue weighted by Gasteiger charge is -2.05. The van der Waals surface area contributed by atoms with Gasteiger partial charge < -0.3 is 9.47 Å². The van der Waals surface area contributed by atoms with Gasteiger partial charge in [-0.3, -0.25) is 4.79 Å². The summed E-state index contributed by atoms with van der Waals surface area (Å²) in [5.74, 6) is 0.882. The summed E-state index contributed by atoms with van der Waals surface area (Å²) in [6, 6.07) is 14.1. The van der Waals surface area contributed by atoms with E-state index in [0.717, 1.165) is 5.56 Å². The molecule has 2 rings (SSSR count). The SMILES string of the molecule is COc1ccccc1/C=N/NC(=O)COc1ccc(Cl)cc1. The van der Waals surface area contributed by atoms with E-state index in [1.807, 2.05) is 24.3 Å². The summed E-state index contributed by atoms with van der Waals surface area (Å²) in [6.07, 6.45) is 1.51. The zero-order chi connectivity index (χ0) is 15.8. The van der Waals surface area contributed by atoms with Gasteiger partial charge in [0.1, 0.15) is 11.5 Å². The monoisotopic (exact) mass is 318 g/mol. The predicted molar refractivity (Wildman–Crippen MR) is 85.7 cm³/mol. The van der Waals surface area contributed by atoms with E-state index >= 15 is 0 Å². The average Bonchev–Trinajstić information content (AvgIpc) is 2.55. The van der Waals surface area contributed by atoms with E-state index in [1.54, 1.807) is 31.4 Å². The molecule has 114 valence electrons. The summed E-state index contributed by atoms with van der Waals surface area (Å²) in [6.45, 7) is -0.134. The number of hydrogen-bond acceptors (Lipinski definition) is 4. The fraction of sp³-hybridized carbons (Fsp3) is 0.125. The maximum Gasteiger partial charge on any atom is 0.277 e. The molecule has 0 saturated heterocycles. The molecular formula is C16H15ClN2O3. The Labute approximate surface area is 133 Å². The maximum absolute atomic E-state index is 11.6. The molecule has 0 saturated carbocycles. The third-order valence-corrected chi connectivity index (χ3v) is 2.97. The van der Waals surface area contributed by atoms with E-state index in [0.29, 0.717) is 16.5 Å². The lowest BCUT2D eigenvalue weighted by atomic mass is 10.2. The summed E-state index contributed by atoms with van der Waals surface area (Å²) in [4.78, 5) is 11.6. The Morgan fingerprint density at radius 2 is 1.95 bits per heavy atom. The first-order valence-electron chi connectivity index (χ1n) is 6.52. The Morgan fingerprint density at radius 3 is 2.68 bits per heavy atom. The number of benzene rings is 2. The number of carbonyl (C=O) groups excluding carboxylic acids is 1. The summed E-state index contributed by atoms with van der Waals surface area (Å²) >= 11 is 5.76. The van der Waals surface area contributed by atoms with Gasteiger partial charge in [-0.2, -0.15) is 5.10 Å². The highest BCUT2D eigenvalue weighted by Gasteiger charge is 2.02. The second-order valence-corrected chi connectivity index (χ2v) is 4.71. The zero-order valence-electron chi connectivity index (χ0n) is 12.0. The molecule has 2 aromatic rings. The molecule has 0 aliphatic rings. The lowest BCUT2D eigenvalue weighted by Crippen LogP contribution is -2.24. The third-order valence-electron chi connectivity index (χ3n) is 2.72. The zero-order valence-corrected chi connectivity index (χ0v) is 12.7. The van der Waals surface area contributed by atoms with Crippen LogP contribution in [0.15, 0.2) is 53.6 Å². The van der Waals surface area contributed by atoms with Crippen molar-refractivity contribution in [2.45, 2.75) is 0 Å². The first kappa shape index (κ1) is 15.9. The summed E-state index contributed by atoms with van der Waals surface area (Å²) in [7, 11) is 1.57. The summed E-state index contributed by atoms with van der Waals surface area (Å²) in [5, 5.41) is 4.48. The van der Waals surface area contributed by atoms with Crippen LogP contribution >= 0.6 is 11.6 Å². The van der Waals surface area contributed by atoms with Crippen LogP contribution in [0.1, 0.15) is 5.56 Å². The van der Waals surface area contributed by atoms with Crippen LogP contribution in [0.25, 0.3) is 0 Å². The average molecular weight is 319 g/mol. The van der Waals surface area contributed by atoms with Gasteiger partial charge in [-0.15, -0.1) is 0 Å². The Balaban J connectivity index is 1.82. The number of nitrogens with one attached hydrogen (secondary N) is 1. The Morgan fingerprint density at radius 1 is 1.23 bits per heavy atom. The quantitative estimate of drug-likeness (QED) is 0.658. The van der Waals surface area contributed by atoms with Crippen molar-refractivity contribution in [2.75, 3.05) is 13.7 Å². The number of rotatable bonds is 6. The Bertz CT molecular complexity index is 657. The summed E-state index contributed by atoms with van der Waals surface area (Å²) in [5.41, 5.74) is 3.16. The molecule has 0 spiro atoms. The number of amides is 1. The van der Waals surface area contributed by atoms with Gasteiger partial charge in [0.2, 0.25) is 0 Å². The van der Waals surface area contributed by atoms with Crippen molar-refractivity contribution in [3.05, 3.63) is 59.1 Å². The van der Waals surface area contributed by atoms with Crippen LogP contribution in [0, 0.1) is 0 Å². The van der Waals surface area contributed by atoms with Crippen LogP contribution in [0.3, 0.4) is 0 Å². The smallest absolute Gasteiger partial charge is 0.277 e. The van der Waals surface area contributed by atoms with Crippen molar-refractivity contribution >= 4 is 23.7 Å². The number of methoxy groups -OCH3 is 1. The number of para-hydroxylation sites is 1. The third kappa shape index (κ3) is 4.79. The van der Waals surface area contributed by atoms with Gasteiger partial charge in [0.05, 0.1) is 13.3 Å². The minimum atomic E-state index is -0.360. The van der Waals surface area contributed by atoms with Crippen molar-refractivity contribution in [1.29, 1.82) is 0 Å². The number of halogens is 1. The molecule has 0 aliphatic heterocycles. The molecular weight excluding hydrogens is 304 g/mol. The van der Waals surface area contributed by atoms with Gasteiger partial charge in [-0.1, -0.05) is 23.7 Å². The molecule has 5 nitrogen and oxygen atoms in total. The molecule has 0 heterocycles. The van der Waals surface area contributed by atoms with E-state index in [1.165, 1.54) is 6.21 Å². The predicted octanol–water partition coefficient (Wildman–Crippen LogP) is 2.88. The van der Waals surface area contributed by atoms with Gasteiger partial charge in [-0.05, 0) is 36.4 Å². The number of hydrazone groups is 1. The molecule has 0 fully saturated rings. The number of nitrogens with zero attached hydrogens (tertiary/aromatic N) is 1. The second-order valence-electron chi connectivity index (χ2n) is 4.28. The molecule has 0 aliphatic carbocycles. The van der Waals surface area contributed by atoms with Gasteiger partial charge in [-0.25, -0.2) is 5.43 Å². The minimum Gasteiger partial charge on any atom is -0.496 e. The largest absolute Gasteiger partial charge is 0.496 e. The first-order chi connectivity index (χ1) is 10.7. The van der Waals surface area contributed by atoms with Crippen molar-refractivity contribution in [3.8, 4) is 11.5 Å². The molecule has 6 heteroatoms. The normalized spacial score (nSPS) is 10.5. The van der Waals surface area contributed by atoms with Gasteiger partial charge in [0, 0.05) is 10.6 Å². The van der Waals surface area contributed by atoms with Crippen LogP contribution < -0.4 is 14.9 Å². The molecule has 0 radical (unpaired) electrons. The van der Waals surface area contributed by atoms with Gasteiger partial charge >= 0.3 is 0 Å². The van der Waals surface area contributed by atoms with Crippen molar-refractivity contribution in [1.82, 2.24) is 5.43 Å². The van der Waals surface area contributed by atoms with Crippen molar-refractivity contribution in [3.63, 3.8) is 0 Å². The molecule has 1 amide bonds. The number of ether oxygens (including phenoxy) is 2. The minimum absolute atomic E-state index is 0.134. The van der Waals surface area contributed by atoms with Crippen LogP contribution in [-0.2, 0) is 4.79 Å². The topological polar surface area (TPSA) is 59.9 Å². The molecule has 0 aromatic heterocycles. The maximum atomic E-state index is 11.6. The lowest BCUT2D eigenvalue weighted by molar-refractivity contribution is -0.123. The van der Waals surface area contributed by atoms with Crippen molar-refractivity contribution in [2.24, 2.45) is 5.10 Å². The molecule has 0 unspecified atom stereocenters. The van der Waals surface area contributed by atoms with Crippen LogP contribution in [0.2, 0.25) is 5.02 Å². The fourth-order valence-electron chi connectivity index (χ4n) is 1.66. The van der Waals surface area contributed by atoms with Crippen LogP contribution in [0.5, 0.6) is 11.5 Å². The van der Waals surface area contributed by atoms with Crippen molar-refractivity contribution < 1.29 is 14.3 Å². The number of hydrogen-bond donors (Lipinski definition) is 1. The Hall–Kier alpha value is -2.53. The van der Waals surface area contributed by atoms with E-state index in [2.05, 4.69) is 10.5 Å². The molecule has 0 atom stereocenters. The molecule has 0 bridgehead atoms. The molecule has 2 aromatic carbocycles. The second kappa shape index (κ2) is 8.05. The summed E-state index contributed by atoms with van der Waals surface area (Å²) < 4.78 is 10.5. The van der Waals surface area contributed by atoms with Gasteiger partial charge in [0.15, 0.2) is 6.61 Å². The fourth-order valence-corrected chi connectivity index (χ4v) is 1.78. The van der Waals surface area contributed by atoms with Gasteiger partial charge in [0.25, 0.3) is 5.91 Å². The highest BCUT2D eigenvalue weighted by Crippen LogP contribution is 2.15. The highest BCUT2D eigenvalue weighted by atomic mass is 35.5. The van der Waals surface area contributed by atoms with E-state index in [4.69, 9.17) is 21.1 Å². The van der Waals surface area contributed by atoms with E-state index < -0.39 is 0 Å². The standard InChI is InChI=1S/C16H15ClN2O3/c1-21-15-5-3-2-4-12(15)10-18-19-16(20)11-22-14-8-6-13(17)7-9-14/h2-10H,11H2,1H3,(H,19,20)/b18-10+. The highest BCUT2D eigenvalue weighted by molar-refractivity contribution is 6.30. The number of carbonyl (C=O) groups is 1. The van der Waals surface area contributed by atoms with E-state index in [-0.39, 0.29) is 12.5 Å².